The maximum absolute atomic E-state index is 11.8. The molecule has 22 heavy (non-hydrogen) atoms. The monoisotopic (exact) mass is 295 g/mol. The zero-order valence-electron chi connectivity index (χ0n) is 12.2. The van der Waals surface area contributed by atoms with E-state index in [0.29, 0.717) is 12.5 Å². The maximum atomic E-state index is 11.8. The predicted molar refractivity (Wildman–Crippen MR) is 81.4 cm³/mol. The Hall–Kier alpha value is -2.27. The van der Waals surface area contributed by atoms with E-state index in [4.69, 9.17) is 4.74 Å². The third-order valence-corrected chi connectivity index (χ3v) is 4.45. The summed E-state index contributed by atoms with van der Waals surface area (Å²) in [6, 6.07) is 7.86. The summed E-state index contributed by atoms with van der Waals surface area (Å²) in [5.74, 6) is 0.433. The molecule has 1 fully saturated rings. The van der Waals surface area contributed by atoms with Gasteiger partial charge in [0.25, 0.3) is 5.91 Å². The summed E-state index contributed by atoms with van der Waals surface area (Å²) in [7, 11) is 0. The highest BCUT2D eigenvalue weighted by Gasteiger charge is 2.23. The van der Waals surface area contributed by atoms with E-state index in [-0.39, 0.29) is 5.91 Å². The molecule has 0 radical (unpaired) electrons. The summed E-state index contributed by atoms with van der Waals surface area (Å²) < 4.78 is 5.42. The number of aromatic nitrogens is 2. The van der Waals surface area contributed by atoms with Crippen molar-refractivity contribution in [1.82, 2.24) is 15.3 Å². The highest BCUT2D eigenvalue weighted by Crippen LogP contribution is 2.31. The normalized spacial score (nSPS) is 18.1. The molecule has 1 saturated heterocycles. The molecule has 0 saturated carbocycles. The van der Waals surface area contributed by atoms with E-state index in [0.717, 1.165) is 54.1 Å². The van der Waals surface area contributed by atoms with Gasteiger partial charge in [-0.15, -0.1) is 0 Å². The minimum atomic E-state index is -0.00411. The van der Waals surface area contributed by atoms with Crippen LogP contribution in [0.3, 0.4) is 0 Å². The molecule has 1 amide bonds. The number of hydrogen-bond donors (Lipinski definition) is 1. The van der Waals surface area contributed by atoms with Crippen molar-refractivity contribution in [2.24, 2.45) is 0 Å². The molecule has 1 aromatic heterocycles. The van der Waals surface area contributed by atoms with E-state index in [9.17, 15) is 4.79 Å². The van der Waals surface area contributed by atoms with Gasteiger partial charge in [-0.2, -0.15) is 0 Å². The number of hydrogen-bond acceptors (Lipinski definition) is 4. The molecule has 2 aliphatic heterocycles. The highest BCUT2D eigenvalue weighted by molar-refractivity contribution is 6.00. The third-order valence-electron chi connectivity index (χ3n) is 4.45. The van der Waals surface area contributed by atoms with Gasteiger partial charge in [-0.05, 0) is 30.5 Å². The largest absolute Gasteiger partial charge is 0.381 e. The molecule has 2 aliphatic rings. The quantitative estimate of drug-likeness (QED) is 0.923. The molecule has 5 nitrogen and oxygen atoms in total. The summed E-state index contributed by atoms with van der Waals surface area (Å²) >= 11 is 0. The van der Waals surface area contributed by atoms with Crippen LogP contribution < -0.4 is 5.32 Å². The van der Waals surface area contributed by atoms with Gasteiger partial charge in [0.05, 0.1) is 5.69 Å². The van der Waals surface area contributed by atoms with E-state index in [1.807, 2.05) is 18.2 Å². The molecule has 112 valence electrons. The number of benzene rings is 1. The van der Waals surface area contributed by atoms with Crippen LogP contribution >= 0.6 is 0 Å². The Morgan fingerprint density at radius 1 is 1.14 bits per heavy atom. The van der Waals surface area contributed by atoms with Gasteiger partial charge in [0.1, 0.15) is 6.33 Å². The van der Waals surface area contributed by atoms with E-state index in [1.54, 1.807) is 6.33 Å². The van der Waals surface area contributed by atoms with Gasteiger partial charge in [-0.25, -0.2) is 9.97 Å². The Labute approximate surface area is 128 Å². The summed E-state index contributed by atoms with van der Waals surface area (Å²) in [4.78, 5) is 20.7. The Morgan fingerprint density at radius 3 is 2.82 bits per heavy atom. The minimum absolute atomic E-state index is 0.00411. The molecular weight excluding hydrogens is 278 g/mol. The molecule has 4 rings (SSSR count). The van der Waals surface area contributed by atoms with E-state index in [1.165, 1.54) is 0 Å². The Bertz CT molecular complexity index is 724. The number of ether oxygens (including phenoxy) is 1. The minimum Gasteiger partial charge on any atom is -0.381 e. The smallest absolute Gasteiger partial charge is 0.251 e. The Kier molecular flexibility index (Phi) is 3.35. The van der Waals surface area contributed by atoms with Gasteiger partial charge in [-0.3, -0.25) is 4.79 Å². The number of rotatable bonds is 2. The first-order valence-electron chi connectivity index (χ1n) is 7.63. The van der Waals surface area contributed by atoms with Crippen LogP contribution in [0.15, 0.2) is 30.6 Å². The van der Waals surface area contributed by atoms with Crippen molar-refractivity contribution in [2.45, 2.75) is 25.3 Å². The molecule has 0 atom stereocenters. The Balaban J connectivity index is 1.73. The lowest BCUT2D eigenvalue weighted by Crippen LogP contribution is -2.15. The maximum Gasteiger partial charge on any atom is 0.251 e. The first-order valence-corrected chi connectivity index (χ1v) is 7.63. The fourth-order valence-electron chi connectivity index (χ4n) is 3.23. The summed E-state index contributed by atoms with van der Waals surface area (Å²) in [6.45, 7) is 2.16. The number of nitrogens with one attached hydrogen (secondary N) is 1. The molecule has 3 heterocycles. The third kappa shape index (κ3) is 2.27. The zero-order chi connectivity index (χ0) is 14.9. The van der Waals surface area contributed by atoms with Crippen LogP contribution in [0.5, 0.6) is 0 Å². The van der Waals surface area contributed by atoms with Crippen LogP contribution in [0.2, 0.25) is 0 Å². The van der Waals surface area contributed by atoms with Crippen LogP contribution in [0.25, 0.3) is 11.3 Å². The van der Waals surface area contributed by atoms with Gasteiger partial charge in [-0.1, -0.05) is 12.1 Å². The lowest BCUT2D eigenvalue weighted by Gasteiger charge is -2.21. The van der Waals surface area contributed by atoms with Gasteiger partial charge in [0.2, 0.25) is 0 Å². The van der Waals surface area contributed by atoms with Gasteiger partial charge in [0, 0.05) is 42.5 Å². The molecule has 0 bridgehead atoms. The summed E-state index contributed by atoms with van der Waals surface area (Å²) in [5.41, 5.74) is 4.77. The van der Waals surface area contributed by atoms with Gasteiger partial charge < -0.3 is 10.1 Å². The van der Waals surface area contributed by atoms with Crippen molar-refractivity contribution in [3.8, 4) is 11.3 Å². The van der Waals surface area contributed by atoms with Gasteiger partial charge >= 0.3 is 0 Å². The Morgan fingerprint density at radius 2 is 1.95 bits per heavy atom. The summed E-state index contributed by atoms with van der Waals surface area (Å²) in [5, 5.41) is 2.87. The van der Waals surface area contributed by atoms with E-state index in [2.05, 4.69) is 21.4 Å². The van der Waals surface area contributed by atoms with Crippen molar-refractivity contribution in [2.75, 3.05) is 13.2 Å². The lowest BCUT2D eigenvalue weighted by molar-refractivity contribution is 0.0845. The first kappa shape index (κ1) is 13.4. The average Bonchev–Trinajstić information content (AvgIpc) is 2.97. The highest BCUT2D eigenvalue weighted by atomic mass is 16.5. The number of carbonyl (C=O) groups excluding carboxylic acids is 1. The molecule has 0 unspecified atom stereocenters. The van der Waals surface area contributed by atoms with Crippen LogP contribution in [0.4, 0.5) is 0 Å². The average molecular weight is 295 g/mol. The van der Waals surface area contributed by atoms with Crippen LogP contribution in [0, 0.1) is 0 Å². The van der Waals surface area contributed by atoms with Crippen LogP contribution in [-0.4, -0.2) is 29.1 Å². The second kappa shape index (κ2) is 5.50. The number of carbonyl (C=O) groups is 1. The van der Waals surface area contributed by atoms with E-state index >= 15 is 0 Å². The lowest BCUT2D eigenvalue weighted by atomic mass is 9.94. The number of amides is 1. The van der Waals surface area contributed by atoms with Crippen LogP contribution in [-0.2, 0) is 11.3 Å². The summed E-state index contributed by atoms with van der Waals surface area (Å²) in [6.07, 6.45) is 3.64. The molecule has 2 aromatic rings. The number of fused-ring (bicyclic) bond motifs is 1. The van der Waals surface area contributed by atoms with Crippen LogP contribution in [0.1, 0.15) is 40.4 Å². The molecule has 1 N–H and O–H groups in total. The fourth-order valence-corrected chi connectivity index (χ4v) is 3.23. The second-order valence-electron chi connectivity index (χ2n) is 5.73. The van der Waals surface area contributed by atoms with Crippen molar-refractivity contribution in [3.63, 3.8) is 0 Å². The van der Waals surface area contributed by atoms with E-state index < -0.39 is 0 Å². The molecule has 1 aromatic carbocycles. The van der Waals surface area contributed by atoms with Crippen molar-refractivity contribution >= 4 is 5.91 Å². The predicted octanol–water partition coefficient (Wildman–Crippen LogP) is 2.28. The second-order valence-corrected chi connectivity index (χ2v) is 5.73. The molecule has 0 spiro atoms. The first-order chi connectivity index (χ1) is 10.8. The zero-order valence-corrected chi connectivity index (χ0v) is 12.2. The van der Waals surface area contributed by atoms with Crippen molar-refractivity contribution < 1.29 is 9.53 Å². The fraction of sp³-hybridized carbons (Fsp3) is 0.353. The standard InChI is InChI=1S/C17H17N3O2/c21-17-13-3-1-2-12(14(13)9-18-17)16-8-15(19-10-20-16)11-4-6-22-7-5-11/h1-3,8,10-11H,4-7,9H2,(H,18,21). The molecule has 5 heteroatoms. The SMILES string of the molecule is O=C1NCc2c1cccc2-c1cc(C2CCOCC2)ncn1. The van der Waals surface area contributed by atoms with Gasteiger partial charge in [0.15, 0.2) is 0 Å². The van der Waals surface area contributed by atoms with Crippen molar-refractivity contribution in [3.05, 3.63) is 47.4 Å². The van der Waals surface area contributed by atoms with Crippen molar-refractivity contribution in [1.29, 1.82) is 0 Å². The number of nitrogens with zero attached hydrogens (tertiary/aromatic N) is 2. The molecular formula is C17H17N3O2. The topological polar surface area (TPSA) is 64.1 Å². The molecule has 0 aliphatic carbocycles.